The van der Waals surface area contributed by atoms with Crippen molar-refractivity contribution in [1.29, 1.82) is 0 Å². The fourth-order valence-corrected chi connectivity index (χ4v) is 2.26. The molecule has 0 N–H and O–H groups in total. The number of aromatic nitrogens is 1. The van der Waals surface area contributed by atoms with Crippen LogP contribution < -0.4 is 4.74 Å². The van der Waals surface area contributed by atoms with Gasteiger partial charge in [-0.05, 0) is 51.9 Å². The van der Waals surface area contributed by atoms with Gasteiger partial charge in [-0.15, -0.1) is 0 Å². The fraction of sp³-hybridized carbons (Fsp3) is 0.562. The third-order valence-corrected chi connectivity index (χ3v) is 3.24. The minimum absolute atomic E-state index is 0.0814. The molecule has 0 saturated heterocycles. The van der Waals surface area contributed by atoms with Gasteiger partial charge in [0.05, 0.1) is 30.2 Å². The molecular formula is C16H23NO3S. The molecule has 1 saturated carbocycles. The molecule has 0 aromatic carbocycles. The first kappa shape index (κ1) is 16.3. The molecule has 0 amide bonds. The largest absolute Gasteiger partial charge is 0.489 e. The maximum absolute atomic E-state index is 5.89. The van der Waals surface area contributed by atoms with Crippen LogP contribution in [-0.2, 0) is 8.92 Å². The molecule has 1 aromatic rings. The average Bonchev–Trinajstić information content (AvgIpc) is 2.37. The Hall–Kier alpha value is -1.04. The van der Waals surface area contributed by atoms with Crippen molar-refractivity contribution in [3.05, 3.63) is 30.1 Å². The van der Waals surface area contributed by atoms with E-state index < -0.39 is 0 Å². The summed E-state index contributed by atoms with van der Waals surface area (Å²) >= 11 is 3.67. The summed E-state index contributed by atoms with van der Waals surface area (Å²) in [5.41, 5.74) is 0.789. The minimum atomic E-state index is -0.0814. The van der Waals surface area contributed by atoms with E-state index in [1.807, 2.05) is 24.3 Å². The predicted molar refractivity (Wildman–Crippen MR) is 86.5 cm³/mol. The Balaban J connectivity index is 1.75. The van der Waals surface area contributed by atoms with E-state index in [0.717, 1.165) is 24.3 Å². The van der Waals surface area contributed by atoms with Crippen molar-refractivity contribution < 1.29 is 13.7 Å². The zero-order chi connectivity index (χ0) is 15.3. The van der Waals surface area contributed by atoms with Gasteiger partial charge in [0, 0.05) is 12.8 Å². The van der Waals surface area contributed by atoms with Crippen molar-refractivity contribution in [1.82, 2.24) is 4.98 Å². The minimum Gasteiger partial charge on any atom is -0.489 e. The molecule has 0 aliphatic heterocycles. The van der Waals surface area contributed by atoms with E-state index in [0.29, 0.717) is 12.7 Å². The second-order valence-electron chi connectivity index (χ2n) is 6.18. The van der Waals surface area contributed by atoms with Crippen LogP contribution in [0.4, 0.5) is 0 Å². The highest BCUT2D eigenvalue weighted by molar-refractivity contribution is 7.75. The van der Waals surface area contributed by atoms with E-state index in [1.165, 1.54) is 0 Å². The Labute approximate surface area is 132 Å². The smallest absolute Gasteiger partial charge is 0.138 e. The molecule has 0 unspecified atom stereocenters. The standard InChI is InChI=1S/C16H23NO3S/c1-16(2,3)20-15-9-14(10-15)19-13-7-6-12(17-11-13)5-4-8-18-21/h4-7,11,14-15,21H,8-10H2,1-3H3/b5-4+/t14-,15-. The molecular weight excluding hydrogens is 286 g/mol. The van der Waals surface area contributed by atoms with E-state index in [4.69, 9.17) is 9.47 Å². The van der Waals surface area contributed by atoms with Crippen LogP contribution in [0.3, 0.4) is 0 Å². The van der Waals surface area contributed by atoms with Crippen molar-refractivity contribution in [2.24, 2.45) is 0 Å². The summed E-state index contributed by atoms with van der Waals surface area (Å²) in [5.74, 6) is 0.803. The molecule has 1 heterocycles. The van der Waals surface area contributed by atoms with Gasteiger partial charge in [0.2, 0.25) is 0 Å². The summed E-state index contributed by atoms with van der Waals surface area (Å²) in [4.78, 5) is 4.32. The van der Waals surface area contributed by atoms with Crippen LogP contribution in [0.25, 0.3) is 6.08 Å². The molecule has 1 aliphatic rings. The predicted octanol–water partition coefficient (Wildman–Crippen LogP) is 3.68. The first-order valence-corrected chi connectivity index (χ1v) is 7.56. The monoisotopic (exact) mass is 309 g/mol. The zero-order valence-corrected chi connectivity index (χ0v) is 13.7. The molecule has 4 nitrogen and oxygen atoms in total. The van der Waals surface area contributed by atoms with E-state index in [1.54, 1.807) is 6.20 Å². The van der Waals surface area contributed by atoms with Crippen molar-refractivity contribution in [2.75, 3.05) is 6.61 Å². The molecule has 1 aliphatic carbocycles. The van der Waals surface area contributed by atoms with Gasteiger partial charge in [0.15, 0.2) is 0 Å². The Kier molecular flexibility index (Phi) is 5.67. The maximum Gasteiger partial charge on any atom is 0.138 e. The molecule has 5 heteroatoms. The summed E-state index contributed by atoms with van der Waals surface area (Å²) in [5, 5.41) is 0. The van der Waals surface area contributed by atoms with Crippen LogP contribution in [-0.4, -0.2) is 29.4 Å². The molecule has 0 radical (unpaired) electrons. The summed E-state index contributed by atoms with van der Waals surface area (Å²) in [7, 11) is 0. The second kappa shape index (κ2) is 7.29. The molecule has 21 heavy (non-hydrogen) atoms. The Morgan fingerprint density at radius 1 is 1.29 bits per heavy atom. The Morgan fingerprint density at radius 3 is 2.62 bits per heavy atom. The molecule has 2 rings (SSSR count). The van der Waals surface area contributed by atoms with E-state index in [-0.39, 0.29) is 11.7 Å². The number of ether oxygens (including phenoxy) is 2. The Morgan fingerprint density at radius 2 is 2.05 bits per heavy atom. The van der Waals surface area contributed by atoms with Crippen LogP contribution in [0.5, 0.6) is 5.75 Å². The summed E-state index contributed by atoms with van der Waals surface area (Å²) in [6.07, 6.45) is 7.92. The van der Waals surface area contributed by atoms with E-state index in [2.05, 4.69) is 42.8 Å². The number of hydrogen-bond acceptors (Lipinski definition) is 5. The number of thiol groups is 1. The molecule has 0 spiro atoms. The van der Waals surface area contributed by atoms with Crippen LogP contribution >= 0.6 is 12.9 Å². The SMILES string of the molecule is CC(C)(C)O[C@H]1C[C@H](Oc2ccc(/C=C/COS)nc2)C1. The highest BCUT2D eigenvalue weighted by atomic mass is 32.1. The van der Waals surface area contributed by atoms with Gasteiger partial charge in [-0.3, -0.25) is 4.98 Å². The molecule has 1 aromatic heterocycles. The van der Waals surface area contributed by atoms with Gasteiger partial charge in [0.25, 0.3) is 0 Å². The first-order valence-electron chi connectivity index (χ1n) is 7.20. The average molecular weight is 309 g/mol. The van der Waals surface area contributed by atoms with Crippen LogP contribution in [0.2, 0.25) is 0 Å². The van der Waals surface area contributed by atoms with Crippen molar-refractivity contribution in [3.8, 4) is 5.75 Å². The number of pyridine rings is 1. The molecule has 116 valence electrons. The van der Waals surface area contributed by atoms with Gasteiger partial charge in [-0.2, -0.15) is 0 Å². The van der Waals surface area contributed by atoms with Crippen LogP contribution in [0.1, 0.15) is 39.3 Å². The van der Waals surface area contributed by atoms with Crippen molar-refractivity contribution in [2.45, 2.75) is 51.4 Å². The summed E-state index contributed by atoms with van der Waals surface area (Å²) in [6.45, 7) is 6.70. The molecule has 1 fully saturated rings. The van der Waals surface area contributed by atoms with Gasteiger partial charge in [-0.25, -0.2) is 0 Å². The van der Waals surface area contributed by atoms with Crippen molar-refractivity contribution >= 4 is 19.0 Å². The second-order valence-corrected chi connectivity index (χ2v) is 6.44. The van der Waals surface area contributed by atoms with Crippen LogP contribution in [0.15, 0.2) is 24.4 Å². The van der Waals surface area contributed by atoms with Gasteiger partial charge >= 0.3 is 0 Å². The zero-order valence-electron chi connectivity index (χ0n) is 12.8. The lowest BCUT2D eigenvalue weighted by Gasteiger charge is -2.39. The lowest BCUT2D eigenvalue weighted by molar-refractivity contribution is -0.126. The molecule has 0 atom stereocenters. The maximum atomic E-state index is 5.89. The quantitative estimate of drug-likeness (QED) is 0.643. The van der Waals surface area contributed by atoms with Gasteiger partial charge < -0.3 is 13.7 Å². The third-order valence-electron chi connectivity index (χ3n) is 3.09. The highest BCUT2D eigenvalue weighted by Gasteiger charge is 2.34. The topological polar surface area (TPSA) is 40.6 Å². The van der Waals surface area contributed by atoms with Gasteiger partial charge in [0.1, 0.15) is 11.9 Å². The highest BCUT2D eigenvalue weighted by Crippen LogP contribution is 2.30. The Bertz CT molecular complexity index is 461. The number of hydrogen-bond donors (Lipinski definition) is 1. The third kappa shape index (κ3) is 5.69. The fourth-order valence-electron chi connectivity index (χ4n) is 2.17. The first-order chi connectivity index (χ1) is 9.96. The molecule has 0 bridgehead atoms. The normalized spacial score (nSPS) is 22.3. The number of rotatable bonds is 6. The van der Waals surface area contributed by atoms with Crippen LogP contribution in [0, 0.1) is 0 Å². The summed E-state index contributed by atoms with van der Waals surface area (Å²) < 4.78 is 16.4. The lowest BCUT2D eigenvalue weighted by Crippen LogP contribution is -2.43. The van der Waals surface area contributed by atoms with Gasteiger partial charge in [-0.1, -0.05) is 6.08 Å². The van der Waals surface area contributed by atoms with E-state index >= 15 is 0 Å². The lowest BCUT2D eigenvalue weighted by atomic mass is 9.91. The van der Waals surface area contributed by atoms with Crippen molar-refractivity contribution in [3.63, 3.8) is 0 Å². The number of nitrogens with zero attached hydrogens (tertiary/aromatic N) is 1. The van der Waals surface area contributed by atoms with E-state index in [9.17, 15) is 0 Å². The summed E-state index contributed by atoms with van der Waals surface area (Å²) in [6, 6.07) is 3.86.